The Morgan fingerprint density at radius 1 is 1.09 bits per heavy atom. The van der Waals surface area contributed by atoms with Gasteiger partial charge in [-0.1, -0.05) is 72.4 Å². The average molecular weight is 539 g/mol. The van der Waals surface area contributed by atoms with E-state index in [-0.39, 0.29) is 6.61 Å². The van der Waals surface area contributed by atoms with Crippen molar-refractivity contribution in [2.75, 3.05) is 14.1 Å². The lowest BCUT2D eigenvalue weighted by molar-refractivity contribution is -0.214. The molecule has 33 heavy (non-hydrogen) atoms. The first-order chi connectivity index (χ1) is 15.9. The molecule has 178 valence electrons. The molecule has 2 aromatic carbocycles. The minimum absolute atomic E-state index is 0.195. The molecule has 0 spiro atoms. The molecule has 1 fully saturated rings. The van der Waals surface area contributed by atoms with E-state index in [1.807, 2.05) is 79.7 Å². The van der Waals surface area contributed by atoms with Crippen LogP contribution in [0.2, 0.25) is 0 Å². The molecule has 9 heteroatoms. The lowest BCUT2D eigenvalue weighted by Crippen LogP contribution is -2.60. The number of aliphatic imine (C=N–C) groups is 1. The van der Waals surface area contributed by atoms with Crippen LogP contribution in [0.5, 0.6) is 0 Å². The SMILES string of the molecule is CN(C)C1=N[C@@H]2[C@@H](OCc3ccccc3)[C@H](O)[C@@H]([C@H](OCc3ccccc3)C(F)Br)O[C@@H]2S1. The van der Waals surface area contributed by atoms with E-state index in [1.54, 1.807) is 0 Å². The van der Waals surface area contributed by atoms with Crippen LogP contribution in [0.1, 0.15) is 11.1 Å². The molecule has 2 aliphatic heterocycles. The summed E-state index contributed by atoms with van der Waals surface area (Å²) in [6.45, 7) is 0.499. The third-order valence-corrected chi connectivity index (χ3v) is 7.41. The second-order valence-electron chi connectivity index (χ2n) is 8.23. The van der Waals surface area contributed by atoms with Gasteiger partial charge in [0.05, 0.1) is 13.2 Å². The maximum atomic E-state index is 14.7. The molecule has 0 saturated carbocycles. The number of thioether (sulfide) groups is 1. The Kier molecular flexibility index (Phi) is 8.43. The zero-order chi connectivity index (χ0) is 23.4. The number of ether oxygens (including phenoxy) is 3. The van der Waals surface area contributed by atoms with Gasteiger partial charge in [0.1, 0.15) is 35.9 Å². The fourth-order valence-electron chi connectivity index (χ4n) is 3.89. The lowest BCUT2D eigenvalue weighted by atomic mass is 9.94. The number of halogens is 2. The van der Waals surface area contributed by atoms with Gasteiger partial charge < -0.3 is 24.2 Å². The second-order valence-corrected chi connectivity index (χ2v) is 10.2. The zero-order valence-electron chi connectivity index (χ0n) is 18.5. The van der Waals surface area contributed by atoms with E-state index in [1.165, 1.54) is 11.8 Å². The topological polar surface area (TPSA) is 63.5 Å². The molecular weight excluding hydrogens is 511 g/mol. The van der Waals surface area contributed by atoms with Gasteiger partial charge in [0, 0.05) is 14.1 Å². The van der Waals surface area contributed by atoms with Crippen LogP contribution in [0.15, 0.2) is 65.7 Å². The molecule has 2 aliphatic rings. The van der Waals surface area contributed by atoms with Gasteiger partial charge in [-0.2, -0.15) is 0 Å². The highest BCUT2D eigenvalue weighted by Crippen LogP contribution is 2.40. The van der Waals surface area contributed by atoms with Crippen molar-refractivity contribution in [3.63, 3.8) is 0 Å². The fraction of sp³-hybridized carbons (Fsp3) is 0.458. The molecule has 0 aromatic heterocycles. The number of fused-ring (bicyclic) bond motifs is 1. The monoisotopic (exact) mass is 538 g/mol. The van der Waals surface area contributed by atoms with E-state index >= 15 is 0 Å². The molecule has 0 amide bonds. The molecule has 1 unspecified atom stereocenters. The third kappa shape index (κ3) is 5.96. The number of alkyl halides is 2. The van der Waals surface area contributed by atoms with Crippen LogP contribution in [0.3, 0.4) is 0 Å². The molecule has 0 bridgehead atoms. The van der Waals surface area contributed by atoms with Crippen LogP contribution in [0.4, 0.5) is 4.39 Å². The number of aliphatic hydroxyl groups is 1. The summed E-state index contributed by atoms with van der Waals surface area (Å²) in [5.74, 6) is 0. The van der Waals surface area contributed by atoms with E-state index in [0.717, 1.165) is 16.3 Å². The van der Waals surface area contributed by atoms with Gasteiger partial charge in [0.15, 0.2) is 10.2 Å². The van der Waals surface area contributed by atoms with Crippen molar-refractivity contribution in [3.8, 4) is 0 Å². The highest BCUT2D eigenvalue weighted by atomic mass is 79.9. The lowest BCUT2D eigenvalue weighted by Gasteiger charge is -2.43. The van der Waals surface area contributed by atoms with E-state index in [0.29, 0.717) is 6.61 Å². The molecule has 7 atom stereocenters. The Morgan fingerprint density at radius 3 is 2.27 bits per heavy atom. The average Bonchev–Trinajstić information content (AvgIpc) is 3.24. The Hall–Kier alpha value is -1.49. The highest BCUT2D eigenvalue weighted by Gasteiger charge is 2.53. The zero-order valence-corrected chi connectivity index (χ0v) is 20.9. The Morgan fingerprint density at radius 2 is 1.70 bits per heavy atom. The number of nitrogens with zero attached hydrogens (tertiary/aromatic N) is 2. The summed E-state index contributed by atoms with van der Waals surface area (Å²) in [4.78, 5) is 6.63. The number of hydrogen-bond acceptors (Lipinski definition) is 7. The standard InChI is InChI=1S/C24H28BrFN2O4S/c1-28(2)24-27-17-19(30-13-15-9-5-3-6-10-15)18(29)20(32-23(17)33-24)21(22(25)26)31-14-16-11-7-4-8-12-16/h3-12,17-23,29H,13-14H2,1-2H3/t17-,18+,19-,20+,21+,22?,23-/m1/s1. The van der Waals surface area contributed by atoms with Crippen molar-refractivity contribution >= 4 is 32.9 Å². The normalized spacial score (nSPS) is 28.6. The number of hydrogen-bond donors (Lipinski definition) is 1. The minimum Gasteiger partial charge on any atom is -0.387 e. The molecule has 2 aromatic rings. The van der Waals surface area contributed by atoms with Crippen molar-refractivity contribution in [1.29, 1.82) is 0 Å². The first-order valence-electron chi connectivity index (χ1n) is 10.8. The molecule has 0 radical (unpaired) electrons. The molecule has 1 N–H and O–H groups in total. The third-order valence-electron chi connectivity index (χ3n) is 5.59. The van der Waals surface area contributed by atoms with Gasteiger partial charge in [-0.3, -0.25) is 4.99 Å². The van der Waals surface area contributed by atoms with Crippen molar-refractivity contribution in [2.45, 2.75) is 54.2 Å². The predicted molar refractivity (Wildman–Crippen MR) is 131 cm³/mol. The number of benzene rings is 2. The highest BCUT2D eigenvalue weighted by molar-refractivity contribution is 9.09. The summed E-state index contributed by atoms with van der Waals surface area (Å²) >= 11 is 4.46. The fourth-order valence-corrected chi connectivity index (χ4v) is 5.48. The maximum Gasteiger partial charge on any atom is 0.183 e. The van der Waals surface area contributed by atoms with Crippen LogP contribution in [0.25, 0.3) is 0 Å². The van der Waals surface area contributed by atoms with Crippen LogP contribution in [-0.4, -0.2) is 70.2 Å². The summed E-state index contributed by atoms with van der Waals surface area (Å²) in [6, 6.07) is 18.8. The molecule has 0 aliphatic carbocycles. The van der Waals surface area contributed by atoms with Gasteiger partial charge >= 0.3 is 0 Å². The van der Waals surface area contributed by atoms with Gasteiger partial charge in [-0.25, -0.2) is 4.39 Å². The molecule has 1 saturated heterocycles. The maximum absolute atomic E-state index is 14.7. The van der Waals surface area contributed by atoms with Gasteiger partial charge in [0.2, 0.25) is 0 Å². The van der Waals surface area contributed by atoms with Crippen LogP contribution in [-0.2, 0) is 27.4 Å². The van der Waals surface area contributed by atoms with E-state index in [9.17, 15) is 9.50 Å². The Labute approximate surface area is 206 Å². The van der Waals surface area contributed by atoms with E-state index < -0.39 is 41.0 Å². The van der Waals surface area contributed by atoms with Gasteiger partial charge in [0.25, 0.3) is 0 Å². The quantitative estimate of drug-likeness (QED) is 0.513. The molecule has 6 nitrogen and oxygen atoms in total. The number of rotatable bonds is 8. The first-order valence-corrected chi connectivity index (χ1v) is 12.6. The smallest absolute Gasteiger partial charge is 0.183 e. The summed E-state index contributed by atoms with van der Waals surface area (Å²) in [6.07, 6.45) is -3.77. The minimum atomic E-state index is -1.53. The Bertz CT molecular complexity index is 921. The Balaban J connectivity index is 1.54. The van der Waals surface area contributed by atoms with E-state index in [4.69, 9.17) is 19.2 Å². The summed E-state index contributed by atoms with van der Waals surface area (Å²) in [7, 11) is 3.80. The van der Waals surface area contributed by atoms with E-state index in [2.05, 4.69) is 15.9 Å². The van der Waals surface area contributed by atoms with Crippen LogP contribution < -0.4 is 0 Å². The van der Waals surface area contributed by atoms with Crippen molar-refractivity contribution in [1.82, 2.24) is 4.90 Å². The number of aliphatic hydroxyl groups excluding tert-OH is 1. The summed E-state index contributed by atoms with van der Waals surface area (Å²) in [5.41, 5.74) is 1.47. The van der Waals surface area contributed by atoms with Crippen LogP contribution >= 0.6 is 27.7 Å². The first kappa shape index (κ1) is 24.6. The predicted octanol–water partition coefficient (Wildman–Crippen LogP) is 3.97. The molecule has 4 rings (SSSR count). The second kappa shape index (κ2) is 11.3. The van der Waals surface area contributed by atoms with Crippen LogP contribution in [0, 0.1) is 0 Å². The van der Waals surface area contributed by atoms with Crippen molar-refractivity contribution in [2.24, 2.45) is 4.99 Å². The van der Waals surface area contributed by atoms with Gasteiger partial charge in [-0.15, -0.1) is 0 Å². The van der Waals surface area contributed by atoms with Gasteiger partial charge in [-0.05, 0) is 27.1 Å². The van der Waals surface area contributed by atoms with Crippen molar-refractivity contribution in [3.05, 3.63) is 71.8 Å². The number of amidine groups is 1. The largest absolute Gasteiger partial charge is 0.387 e. The molecular formula is C24H28BrFN2O4S. The summed E-state index contributed by atoms with van der Waals surface area (Å²) in [5, 5.41) is 10.5. The summed E-state index contributed by atoms with van der Waals surface area (Å²) < 4.78 is 33.0. The van der Waals surface area contributed by atoms with Crippen molar-refractivity contribution < 1.29 is 23.7 Å². The molecule has 2 heterocycles.